The average molecular weight is 856 g/mol. The number of carboxylic acid groups (broad SMARTS) is 2. The number of amides is 2. The Balaban J connectivity index is 0.000000220. The van der Waals surface area contributed by atoms with Gasteiger partial charge in [-0.25, -0.2) is 9.59 Å². The predicted octanol–water partition coefficient (Wildman–Crippen LogP) is -5.55. The first-order valence-electron chi connectivity index (χ1n) is 19.8. The number of aryl methyl sites for hydroxylation is 2. The third-order valence-corrected chi connectivity index (χ3v) is 11.7. The zero-order valence-corrected chi connectivity index (χ0v) is 39.1. The van der Waals surface area contributed by atoms with Gasteiger partial charge in [-0.05, 0) is 59.8 Å². The number of hydrogen-bond acceptors (Lipinski definition) is 14. The van der Waals surface area contributed by atoms with Crippen LogP contribution in [0.3, 0.4) is 0 Å². The van der Waals surface area contributed by atoms with E-state index >= 15 is 0 Å². The van der Waals surface area contributed by atoms with Crippen molar-refractivity contribution >= 4 is 37.3 Å². The van der Waals surface area contributed by atoms with Gasteiger partial charge in [0.05, 0.1) is 49.8 Å². The van der Waals surface area contributed by atoms with Gasteiger partial charge in [-0.1, -0.05) is 52.5 Å². The van der Waals surface area contributed by atoms with E-state index < -0.39 is 25.4 Å². The number of ether oxygens (including phenoxy) is 2. The standard InChI is InChI=1S/2C19H26BN2O7.2Na/c2*1-19(2)7-13(21-10-19)17(23)22-8-12(9-22)28-14-4-3-11-5-6-20(26,27)29-16(11)15(14)18(24)25;;/h2*3-4,12-13,21,26-27H,5-10H2,1-2H3,(H,24,25);;/q2*-1;2*+1/t2*13-;;/m00../s1. The van der Waals surface area contributed by atoms with E-state index in [1.54, 1.807) is 34.1 Å². The number of benzene rings is 2. The molecule has 2 amide bonds. The molecule has 0 saturated carbocycles. The van der Waals surface area contributed by atoms with Crippen LogP contribution in [-0.4, -0.2) is 141 Å². The molecule has 6 aliphatic rings. The molecule has 0 aliphatic carbocycles. The van der Waals surface area contributed by atoms with Gasteiger partial charge in [0, 0.05) is 13.1 Å². The molecule has 60 heavy (non-hydrogen) atoms. The maximum absolute atomic E-state index is 12.6. The monoisotopic (exact) mass is 856 g/mol. The van der Waals surface area contributed by atoms with Gasteiger partial charge >= 0.3 is 84.6 Å². The molecule has 316 valence electrons. The third kappa shape index (κ3) is 10.8. The van der Waals surface area contributed by atoms with Crippen molar-refractivity contribution in [3.8, 4) is 23.0 Å². The maximum atomic E-state index is 12.6. The van der Waals surface area contributed by atoms with Crippen molar-refractivity contribution in [2.24, 2.45) is 10.8 Å². The van der Waals surface area contributed by atoms with Crippen LogP contribution in [0.25, 0.3) is 0 Å². The molecule has 4 fully saturated rings. The fourth-order valence-corrected chi connectivity index (χ4v) is 8.39. The summed E-state index contributed by atoms with van der Waals surface area (Å²) in [4.78, 5) is 52.2. The molecule has 2 atom stereocenters. The number of carboxylic acids is 2. The summed E-state index contributed by atoms with van der Waals surface area (Å²) in [5, 5.41) is 65.0. The van der Waals surface area contributed by atoms with Crippen LogP contribution in [0.15, 0.2) is 24.3 Å². The number of likely N-dealkylation sites (tertiary alicyclic amines) is 2. The molecular weight excluding hydrogens is 804 g/mol. The zero-order chi connectivity index (χ0) is 41.9. The Morgan fingerprint density at radius 3 is 1.30 bits per heavy atom. The summed E-state index contributed by atoms with van der Waals surface area (Å²) in [6.07, 6.45) is 1.54. The van der Waals surface area contributed by atoms with Crippen molar-refractivity contribution in [3.05, 3.63) is 46.5 Å². The van der Waals surface area contributed by atoms with Crippen LogP contribution in [0, 0.1) is 10.8 Å². The maximum Gasteiger partial charge on any atom is 1.00 e. The Bertz CT molecular complexity index is 1850. The SMILES string of the molecule is CC1(C)CN[C@H](C(=O)N2CC(Oc3ccc4c(c3C(=O)O)O[B-](O)(O)CC4)C2)C1.CC1(C)CN[C@H](C(=O)N2CC(Oc3ccc4c(c3C(=O)O)O[B-](O)(O)CC4)C2)C1.[Na+].[Na+]. The summed E-state index contributed by atoms with van der Waals surface area (Å²) in [6.45, 7) is 5.43. The molecule has 8 N–H and O–H groups in total. The molecule has 8 rings (SSSR count). The number of carbonyl (C=O) groups is 4. The molecule has 6 heterocycles. The number of nitrogens with one attached hydrogen (secondary N) is 2. The largest absolute Gasteiger partial charge is 1.00 e. The minimum atomic E-state index is -3.08. The Morgan fingerprint density at radius 2 is 1.00 bits per heavy atom. The summed E-state index contributed by atoms with van der Waals surface area (Å²) in [6, 6.07) is 6.09. The first-order valence-corrected chi connectivity index (χ1v) is 19.8. The quantitative estimate of drug-likeness (QED) is 0.115. The van der Waals surface area contributed by atoms with Gasteiger partial charge in [0.25, 0.3) is 0 Å². The minimum Gasteiger partial charge on any atom is -0.669 e. The van der Waals surface area contributed by atoms with Crippen LogP contribution in [0.1, 0.15) is 72.4 Å². The van der Waals surface area contributed by atoms with Crippen LogP contribution in [0.4, 0.5) is 0 Å². The number of nitrogens with zero attached hydrogens (tertiary/aromatic N) is 2. The van der Waals surface area contributed by atoms with Crippen molar-refractivity contribution < 1.29 is 127 Å². The smallest absolute Gasteiger partial charge is 0.669 e. The Kier molecular flexibility index (Phi) is 14.7. The Hall–Kier alpha value is -2.59. The molecule has 0 spiro atoms. The van der Waals surface area contributed by atoms with Crippen molar-refractivity contribution in [1.82, 2.24) is 20.4 Å². The van der Waals surface area contributed by atoms with E-state index in [4.69, 9.17) is 18.8 Å². The topological polar surface area (TPSA) is 257 Å². The fraction of sp³-hybridized carbons (Fsp3) is 0.579. The van der Waals surface area contributed by atoms with Crippen molar-refractivity contribution in [1.29, 1.82) is 0 Å². The first kappa shape index (κ1) is 48.4. The number of aromatic carboxylic acids is 2. The average Bonchev–Trinajstić information content (AvgIpc) is 3.65. The molecule has 2 aromatic rings. The molecule has 2 aromatic carbocycles. The molecule has 6 aliphatic heterocycles. The van der Waals surface area contributed by atoms with E-state index in [0.29, 0.717) is 50.1 Å². The van der Waals surface area contributed by atoms with Crippen LogP contribution in [-0.2, 0) is 22.4 Å². The molecule has 0 bridgehead atoms. The van der Waals surface area contributed by atoms with E-state index in [1.807, 2.05) is 0 Å². The van der Waals surface area contributed by atoms with Gasteiger partial charge < -0.3 is 69.5 Å². The fourth-order valence-electron chi connectivity index (χ4n) is 8.39. The van der Waals surface area contributed by atoms with E-state index in [-0.39, 0.29) is 153 Å². The number of rotatable bonds is 8. The summed E-state index contributed by atoms with van der Waals surface area (Å²) in [5.74, 6) is -2.38. The van der Waals surface area contributed by atoms with Crippen molar-refractivity contribution in [2.75, 3.05) is 39.3 Å². The summed E-state index contributed by atoms with van der Waals surface area (Å²) in [5.41, 5.74) is 0.931. The number of fused-ring (bicyclic) bond motifs is 2. The normalized spacial score (nSPS) is 24.1. The van der Waals surface area contributed by atoms with Gasteiger partial charge in [0.15, 0.2) is 0 Å². The van der Waals surface area contributed by atoms with E-state index in [2.05, 4.69) is 38.3 Å². The predicted molar refractivity (Wildman–Crippen MR) is 208 cm³/mol. The van der Waals surface area contributed by atoms with Crippen LogP contribution in [0.5, 0.6) is 23.0 Å². The summed E-state index contributed by atoms with van der Waals surface area (Å²) < 4.78 is 22.0. The second kappa shape index (κ2) is 18.3. The molecule has 0 radical (unpaired) electrons. The van der Waals surface area contributed by atoms with E-state index in [9.17, 15) is 49.5 Å². The Morgan fingerprint density at radius 1 is 0.650 bits per heavy atom. The molecule has 18 nitrogen and oxygen atoms in total. The van der Waals surface area contributed by atoms with Crippen molar-refractivity contribution in [3.63, 3.8) is 0 Å². The summed E-state index contributed by atoms with van der Waals surface area (Å²) >= 11 is 0. The molecule has 0 unspecified atom stereocenters. The van der Waals surface area contributed by atoms with Gasteiger partial charge in [0.1, 0.15) is 34.8 Å². The van der Waals surface area contributed by atoms with Crippen LogP contribution < -0.4 is 88.5 Å². The zero-order valence-electron chi connectivity index (χ0n) is 35.1. The number of hydrogen-bond donors (Lipinski definition) is 8. The molecule has 0 aromatic heterocycles. The first-order chi connectivity index (χ1) is 27.1. The Labute approximate surface area is 392 Å². The molecule has 4 saturated heterocycles. The van der Waals surface area contributed by atoms with Gasteiger partial charge in [0.2, 0.25) is 11.8 Å². The summed E-state index contributed by atoms with van der Waals surface area (Å²) in [7, 11) is 0. The van der Waals surface area contributed by atoms with E-state index in [1.165, 1.54) is 0 Å². The molecule has 22 heteroatoms. The van der Waals surface area contributed by atoms with Gasteiger partial charge in [-0.3, -0.25) is 9.59 Å². The number of carbonyl (C=O) groups excluding carboxylic acids is 2. The van der Waals surface area contributed by atoms with Crippen molar-refractivity contribution in [2.45, 2.75) is 90.3 Å². The molecular formula is C38H52B2N4Na2O14. The van der Waals surface area contributed by atoms with Gasteiger partial charge in [-0.15, -0.1) is 0 Å². The second-order valence-corrected chi connectivity index (χ2v) is 18.1. The second-order valence-electron chi connectivity index (χ2n) is 18.1. The van der Waals surface area contributed by atoms with Crippen LogP contribution >= 0.6 is 0 Å². The van der Waals surface area contributed by atoms with Crippen LogP contribution in [0.2, 0.25) is 12.6 Å². The third-order valence-electron chi connectivity index (χ3n) is 11.7. The van der Waals surface area contributed by atoms with E-state index in [0.717, 1.165) is 25.9 Å². The van der Waals surface area contributed by atoms with Gasteiger partial charge in [-0.2, -0.15) is 0 Å². The minimum absolute atomic E-state index is 0.